The minimum Gasteiger partial charge on any atom is -0.383 e. The van der Waals surface area contributed by atoms with Crippen molar-refractivity contribution < 1.29 is 14.3 Å². The first-order chi connectivity index (χ1) is 9.58. The first-order valence-electron chi connectivity index (χ1n) is 6.31. The Hall–Kier alpha value is -1.99. The van der Waals surface area contributed by atoms with Gasteiger partial charge in [-0.05, 0) is 18.6 Å². The van der Waals surface area contributed by atoms with Crippen molar-refractivity contribution in [2.45, 2.75) is 19.5 Å². The number of nitrogens with one attached hydrogen (secondary N) is 2. The van der Waals surface area contributed by atoms with E-state index in [1.807, 2.05) is 0 Å². The maximum atomic E-state index is 11.9. The Bertz CT molecular complexity index is 447. The highest BCUT2D eigenvalue weighted by molar-refractivity contribution is 5.95. The molecule has 1 atom stereocenters. The molecule has 0 fully saturated rings. The number of amides is 2. The van der Waals surface area contributed by atoms with Crippen LogP contribution in [0.15, 0.2) is 18.3 Å². The molecule has 20 heavy (non-hydrogen) atoms. The lowest BCUT2D eigenvalue weighted by Gasteiger charge is -2.13. The van der Waals surface area contributed by atoms with Crippen LogP contribution in [0.2, 0.25) is 0 Å². The van der Waals surface area contributed by atoms with Crippen molar-refractivity contribution >= 4 is 11.8 Å². The number of carbonyl (C=O) groups excluding carboxylic acids is 2. The van der Waals surface area contributed by atoms with E-state index >= 15 is 0 Å². The van der Waals surface area contributed by atoms with Gasteiger partial charge in [-0.3, -0.25) is 14.6 Å². The summed E-state index contributed by atoms with van der Waals surface area (Å²) in [6.07, 6.45) is 1.54. The lowest BCUT2D eigenvalue weighted by molar-refractivity contribution is -0.122. The third-order valence-electron chi connectivity index (χ3n) is 2.64. The summed E-state index contributed by atoms with van der Waals surface area (Å²) in [6, 6.07) is 2.66. The van der Waals surface area contributed by atoms with Crippen LogP contribution < -0.4 is 16.4 Å². The highest BCUT2D eigenvalue weighted by atomic mass is 16.5. The molecule has 1 unspecified atom stereocenters. The van der Waals surface area contributed by atoms with Crippen molar-refractivity contribution in [1.29, 1.82) is 0 Å². The maximum absolute atomic E-state index is 11.9. The van der Waals surface area contributed by atoms with Crippen LogP contribution in [0.4, 0.5) is 0 Å². The lowest BCUT2D eigenvalue weighted by Crippen LogP contribution is -2.45. The fourth-order valence-electron chi connectivity index (χ4n) is 1.45. The monoisotopic (exact) mass is 280 g/mol. The van der Waals surface area contributed by atoms with Gasteiger partial charge in [0.2, 0.25) is 5.91 Å². The maximum Gasteiger partial charge on any atom is 0.270 e. The molecular formula is C13H20N4O3. The quantitative estimate of drug-likeness (QED) is 0.579. The number of hydrogen-bond donors (Lipinski definition) is 3. The van der Waals surface area contributed by atoms with Gasteiger partial charge < -0.3 is 21.1 Å². The number of nitrogens with zero attached hydrogens (tertiary/aromatic N) is 1. The van der Waals surface area contributed by atoms with Gasteiger partial charge in [0.25, 0.3) is 5.91 Å². The SMILES string of the molecule is COCCNC(=O)C(C)NC(=O)c1ccc(CN)cn1. The van der Waals surface area contributed by atoms with Crippen LogP contribution in [0.5, 0.6) is 0 Å². The first-order valence-corrected chi connectivity index (χ1v) is 6.31. The molecule has 0 aliphatic heterocycles. The minimum absolute atomic E-state index is 0.249. The van der Waals surface area contributed by atoms with Crippen molar-refractivity contribution in [2.24, 2.45) is 5.73 Å². The lowest BCUT2D eigenvalue weighted by atomic mass is 10.2. The molecule has 2 amide bonds. The Balaban J connectivity index is 2.49. The van der Waals surface area contributed by atoms with Gasteiger partial charge >= 0.3 is 0 Å². The highest BCUT2D eigenvalue weighted by Crippen LogP contribution is 2.00. The zero-order chi connectivity index (χ0) is 15.0. The van der Waals surface area contributed by atoms with E-state index in [0.29, 0.717) is 19.7 Å². The van der Waals surface area contributed by atoms with Gasteiger partial charge in [0, 0.05) is 26.4 Å². The van der Waals surface area contributed by atoms with Crippen molar-refractivity contribution in [3.05, 3.63) is 29.6 Å². The van der Waals surface area contributed by atoms with Crippen LogP contribution in [-0.2, 0) is 16.1 Å². The first kappa shape index (κ1) is 16.1. The van der Waals surface area contributed by atoms with E-state index in [0.717, 1.165) is 5.56 Å². The highest BCUT2D eigenvalue weighted by Gasteiger charge is 2.16. The van der Waals surface area contributed by atoms with E-state index in [-0.39, 0.29) is 11.6 Å². The van der Waals surface area contributed by atoms with Crippen molar-refractivity contribution in [2.75, 3.05) is 20.3 Å². The van der Waals surface area contributed by atoms with Gasteiger partial charge in [-0.1, -0.05) is 6.07 Å². The molecule has 0 aliphatic carbocycles. The van der Waals surface area contributed by atoms with Crippen LogP contribution >= 0.6 is 0 Å². The fraction of sp³-hybridized carbons (Fsp3) is 0.462. The molecule has 0 aromatic carbocycles. The molecule has 4 N–H and O–H groups in total. The number of aromatic nitrogens is 1. The second-order valence-corrected chi connectivity index (χ2v) is 4.23. The predicted molar refractivity (Wildman–Crippen MR) is 73.9 cm³/mol. The molecule has 0 saturated carbocycles. The summed E-state index contributed by atoms with van der Waals surface area (Å²) in [5.74, 6) is -0.669. The molecule has 0 radical (unpaired) electrons. The van der Waals surface area contributed by atoms with Crippen LogP contribution in [0.25, 0.3) is 0 Å². The van der Waals surface area contributed by atoms with E-state index in [2.05, 4.69) is 15.6 Å². The van der Waals surface area contributed by atoms with Gasteiger partial charge in [0.1, 0.15) is 11.7 Å². The summed E-state index contributed by atoms with van der Waals surface area (Å²) in [7, 11) is 1.55. The fourth-order valence-corrected chi connectivity index (χ4v) is 1.45. The summed E-state index contributed by atoms with van der Waals surface area (Å²) >= 11 is 0. The van der Waals surface area contributed by atoms with E-state index in [1.165, 1.54) is 6.20 Å². The minimum atomic E-state index is -0.643. The molecule has 1 heterocycles. The molecule has 0 aliphatic rings. The van der Waals surface area contributed by atoms with Gasteiger partial charge in [-0.15, -0.1) is 0 Å². The van der Waals surface area contributed by atoms with E-state index in [9.17, 15) is 9.59 Å². The van der Waals surface area contributed by atoms with Crippen molar-refractivity contribution in [1.82, 2.24) is 15.6 Å². The predicted octanol–water partition coefficient (Wildman–Crippen LogP) is -0.579. The molecule has 1 rings (SSSR count). The Morgan fingerprint density at radius 1 is 1.45 bits per heavy atom. The van der Waals surface area contributed by atoms with Crippen molar-refractivity contribution in [3.8, 4) is 0 Å². The number of pyridine rings is 1. The molecule has 0 bridgehead atoms. The van der Waals surface area contributed by atoms with Crippen LogP contribution in [0.3, 0.4) is 0 Å². The summed E-state index contributed by atoms with van der Waals surface area (Å²) in [4.78, 5) is 27.5. The Labute approximate surface area is 117 Å². The summed E-state index contributed by atoms with van der Waals surface area (Å²) in [5, 5.41) is 5.22. The van der Waals surface area contributed by atoms with E-state index in [4.69, 9.17) is 10.5 Å². The average Bonchev–Trinajstić information content (AvgIpc) is 2.47. The Morgan fingerprint density at radius 2 is 2.20 bits per heavy atom. The number of nitrogens with two attached hydrogens (primary N) is 1. The second-order valence-electron chi connectivity index (χ2n) is 4.23. The smallest absolute Gasteiger partial charge is 0.270 e. The van der Waals surface area contributed by atoms with Crippen LogP contribution in [0.1, 0.15) is 23.0 Å². The van der Waals surface area contributed by atoms with Crippen LogP contribution in [0, 0.1) is 0 Å². The molecule has 7 heteroatoms. The number of rotatable bonds is 7. The molecular weight excluding hydrogens is 260 g/mol. The van der Waals surface area contributed by atoms with Gasteiger partial charge in [0.15, 0.2) is 0 Å². The third kappa shape index (κ3) is 4.94. The topological polar surface area (TPSA) is 106 Å². The standard InChI is InChI=1S/C13H20N4O3/c1-9(12(18)15-5-6-20-2)17-13(19)11-4-3-10(7-14)8-16-11/h3-4,8-9H,5-7,14H2,1-2H3,(H,15,18)(H,17,19). The summed E-state index contributed by atoms with van der Waals surface area (Å²) in [6.45, 7) is 2.80. The molecule has 1 aromatic heterocycles. The Morgan fingerprint density at radius 3 is 2.75 bits per heavy atom. The summed E-state index contributed by atoms with van der Waals surface area (Å²) < 4.78 is 4.82. The Kier molecular flexibility index (Phi) is 6.61. The van der Waals surface area contributed by atoms with Gasteiger partial charge in [-0.2, -0.15) is 0 Å². The van der Waals surface area contributed by atoms with Gasteiger partial charge in [0.05, 0.1) is 6.61 Å². The average molecular weight is 280 g/mol. The number of carbonyl (C=O) groups is 2. The van der Waals surface area contributed by atoms with E-state index < -0.39 is 11.9 Å². The second kappa shape index (κ2) is 8.23. The largest absolute Gasteiger partial charge is 0.383 e. The number of hydrogen-bond acceptors (Lipinski definition) is 5. The molecule has 1 aromatic rings. The molecule has 110 valence electrons. The normalized spacial score (nSPS) is 11.8. The van der Waals surface area contributed by atoms with Crippen LogP contribution in [-0.4, -0.2) is 43.1 Å². The van der Waals surface area contributed by atoms with Crippen molar-refractivity contribution in [3.63, 3.8) is 0 Å². The third-order valence-corrected chi connectivity index (χ3v) is 2.64. The zero-order valence-electron chi connectivity index (χ0n) is 11.7. The zero-order valence-corrected chi connectivity index (χ0v) is 11.7. The van der Waals surface area contributed by atoms with E-state index in [1.54, 1.807) is 26.2 Å². The molecule has 0 saturated heterocycles. The number of methoxy groups -OCH3 is 1. The summed E-state index contributed by atoms with van der Waals surface area (Å²) in [5.41, 5.74) is 6.54. The number of ether oxygens (including phenoxy) is 1. The molecule has 0 spiro atoms. The van der Waals surface area contributed by atoms with Gasteiger partial charge in [-0.25, -0.2) is 0 Å². The molecule has 7 nitrogen and oxygen atoms in total.